The van der Waals surface area contributed by atoms with Crippen LogP contribution < -0.4 is 0 Å². The summed E-state index contributed by atoms with van der Waals surface area (Å²) in [5, 5.41) is 9.33. The lowest BCUT2D eigenvalue weighted by Crippen LogP contribution is -1.96. The number of phenols is 1. The van der Waals surface area contributed by atoms with Crippen molar-refractivity contribution in [3.63, 3.8) is 0 Å². The van der Waals surface area contributed by atoms with E-state index in [2.05, 4.69) is 9.98 Å². The van der Waals surface area contributed by atoms with Crippen LogP contribution in [0.3, 0.4) is 0 Å². The Hall–Kier alpha value is -2.16. The maximum absolute atomic E-state index is 9.33. The number of aromatic hydroxyl groups is 1. The van der Waals surface area contributed by atoms with Gasteiger partial charge in [0.05, 0.1) is 17.1 Å². The van der Waals surface area contributed by atoms with Crippen molar-refractivity contribution in [2.75, 3.05) is 0 Å². The van der Waals surface area contributed by atoms with E-state index in [0.29, 0.717) is 0 Å². The van der Waals surface area contributed by atoms with E-state index in [-0.39, 0.29) is 5.75 Å². The molecule has 3 heteroatoms. The Labute approximate surface area is 100 Å². The lowest BCUT2D eigenvalue weighted by Gasteiger charge is -2.03. The van der Waals surface area contributed by atoms with Gasteiger partial charge in [0.25, 0.3) is 0 Å². The molecule has 86 valence electrons. The Kier molecular flexibility index (Phi) is 3.19. The monoisotopic (exact) mass is 226 g/mol. The molecule has 17 heavy (non-hydrogen) atoms. The van der Waals surface area contributed by atoms with Crippen LogP contribution in [0.1, 0.15) is 18.2 Å². The van der Waals surface area contributed by atoms with Crippen LogP contribution in [0, 0.1) is 6.92 Å². The second-order valence-corrected chi connectivity index (χ2v) is 3.88. The van der Waals surface area contributed by atoms with Crippen LogP contribution in [0.4, 0.5) is 5.69 Å². The van der Waals surface area contributed by atoms with Gasteiger partial charge in [-0.3, -0.25) is 9.98 Å². The first kappa shape index (κ1) is 11.3. The standard InChI is InChI=1S/C14H14N2O/c1-10-9-12(17)6-7-13(10)16-11(2)14-5-3-4-8-15-14/h3-9,17H,1-2H3. The molecule has 0 unspecified atom stereocenters. The number of aliphatic imine (C=N–C) groups is 1. The molecule has 1 heterocycles. The first-order valence-electron chi connectivity index (χ1n) is 5.43. The molecule has 0 aliphatic heterocycles. The number of rotatable bonds is 2. The van der Waals surface area contributed by atoms with Crippen LogP contribution in [0.15, 0.2) is 47.6 Å². The summed E-state index contributed by atoms with van der Waals surface area (Å²) in [6, 6.07) is 10.9. The maximum Gasteiger partial charge on any atom is 0.115 e. The molecule has 0 spiro atoms. The summed E-state index contributed by atoms with van der Waals surface area (Å²) >= 11 is 0. The number of aromatic nitrogens is 1. The highest BCUT2D eigenvalue weighted by molar-refractivity contribution is 5.98. The molecule has 1 aromatic carbocycles. The van der Waals surface area contributed by atoms with Gasteiger partial charge < -0.3 is 5.11 Å². The molecule has 0 saturated heterocycles. The molecule has 0 saturated carbocycles. The van der Waals surface area contributed by atoms with Crippen LogP contribution in [0.2, 0.25) is 0 Å². The Balaban J connectivity index is 2.36. The summed E-state index contributed by atoms with van der Waals surface area (Å²) in [5.74, 6) is 0.261. The summed E-state index contributed by atoms with van der Waals surface area (Å²) in [6.45, 7) is 3.85. The Bertz CT molecular complexity index is 547. The molecule has 0 atom stereocenters. The highest BCUT2D eigenvalue weighted by atomic mass is 16.3. The second kappa shape index (κ2) is 4.78. The fraction of sp³-hybridized carbons (Fsp3) is 0.143. The molecule has 0 radical (unpaired) electrons. The van der Waals surface area contributed by atoms with E-state index >= 15 is 0 Å². The average Bonchev–Trinajstić information content (AvgIpc) is 2.34. The van der Waals surface area contributed by atoms with Gasteiger partial charge >= 0.3 is 0 Å². The van der Waals surface area contributed by atoms with Crippen LogP contribution >= 0.6 is 0 Å². The van der Waals surface area contributed by atoms with Crippen molar-refractivity contribution in [3.8, 4) is 5.75 Å². The predicted octanol–water partition coefficient (Wildman–Crippen LogP) is 3.24. The van der Waals surface area contributed by atoms with Gasteiger partial charge in [0.15, 0.2) is 0 Å². The quantitative estimate of drug-likeness (QED) is 0.799. The van der Waals surface area contributed by atoms with Crippen molar-refractivity contribution in [3.05, 3.63) is 53.9 Å². The average molecular weight is 226 g/mol. The number of pyridine rings is 1. The molecule has 1 aromatic heterocycles. The summed E-state index contributed by atoms with van der Waals surface area (Å²) in [7, 11) is 0. The third-order valence-corrected chi connectivity index (χ3v) is 2.50. The molecule has 2 aromatic rings. The van der Waals surface area contributed by atoms with E-state index in [9.17, 15) is 5.11 Å². The zero-order valence-corrected chi connectivity index (χ0v) is 9.88. The van der Waals surface area contributed by atoms with Crippen molar-refractivity contribution in [2.24, 2.45) is 4.99 Å². The summed E-state index contributed by atoms with van der Waals surface area (Å²) < 4.78 is 0. The van der Waals surface area contributed by atoms with Crippen molar-refractivity contribution < 1.29 is 5.11 Å². The van der Waals surface area contributed by atoms with Gasteiger partial charge in [-0.15, -0.1) is 0 Å². The van der Waals surface area contributed by atoms with Gasteiger partial charge in [-0.2, -0.15) is 0 Å². The first-order chi connectivity index (χ1) is 8.16. The number of hydrogen-bond acceptors (Lipinski definition) is 3. The van der Waals surface area contributed by atoms with Crippen LogP contribution in [0.25, 0.3) is 0 Å². The molecular formula is C14H14N2O. The number of nitrogens with zero attached hydrogens (tertiary/aromatic N) is 2. The lowest BCUT2D eigenvalue weighted by atomic mass is 10.2. The van der Waals surface area contributed by atoms with Crippen molar-refractivity contribution in [2.45, 2.75) is 13.8 Å². The number of aryl methyl sites for hydroxylation is 1. The molecule has 1 N–H and O–H groups in total. The summed E-state index contributed by atoms with van der Waals surface area (Å²) in [6.07, 6.45) is 1.75. The second-order valence-electron chi connectivity index (χ2n) is 3.88. The summed E-state index contributed by atoms with van der Waals surface area (Å²) in [5.41, 5.74) is 3.52. The van der Waals surface area contributed by atoms with Crippen molar-refractivity contribution in [1.82, 2.24) is 4.98 Å². The molecule has 0 aliphatic rings. The van der Waals surface area contributed by atoms with Crippen LogP contribution in [-0.4, -0.2) is 15.8 Å². The van der Waals surface area contributed by atoms with Crippen LogP contribution in [0.5, 0.6) is 5.75 Å². The van der Waals surface area contributed by atoms with E-state index < -0.39 is 0 Å². The minimum Gasteiger partial charge on any atom is -0.508 e. The fourth-order valence-electron chi connectivity index (χ4n) is 1.58. The number of hydrogen-bond donors (Lipinski definition) is 1. The normalized spacial score (nSPS) is 11.5. The van der Waals surface area contributed by atoms with Crippen LogP contribution in [-0.2, 0) is 0 Å². The molecule has 3 nitrogen and oxygen atoms in total. The highest BCUT2D eigenvalue weighted by Crippen LogP contribution is 2.23. The van der Waals surface area contributed by atoms with Gasteiger partial charge in [0, 0.05) is 6.20 Å². The molecule has 0 fully saturated rings. The molecular weight excluding hydrogens is 212 g/mol. The highest BCUT2D eigenvalue weighted by Gasteiger charge is 2.01. The van der Waals surface area contributed by atoms with Gasteiger partial charge in [-0.25, -0.2) is 0 Å². The van der Waals surface area contributed by atoms with Crippen molar-refractivity contribution >= 4 is 11.4 Å². The van der Waals surface area contributed by atoms with E-state index in [0.717, 1.165) is 22.7 Å². The van der Waals surface area contributed by atoms with E-state index in [4.69, 9.17) is 0 Å². The molecule has 0 amide bonds. The Morgan fingerprint density at radius 1 is 1.24 bits per heavy atom. The predicted molar refractivity (Wildman–Crippen MR) is 69.0 cm³/mol. The zero-order valence-electron chi connectivity index (χ0n) is 9.88. The number of benzene rings is 1. The minimum absolute atomic E-state index is 0.261. The van der Waals surface area contributed by atoms with Gasteiger partial charge in [-0.1, -0.05) is 6.07 Å². The van der Waals surface area contributed by atoms with E-state index in [1.54, 1.807) is 24.4 Å². The minimum atomic E-state index is 0.261. The first-order valence-corrected chi connectivity index (χ1v) is 5.43. The Morgan fingerprint density at radius 3 is 2.71 bits per heavy atom. The zero-order chi connectivity index (χ0) is 12.3. The fourth-order valence-corrected chi connectivity index (χ4v) is 1.58. The molecule has 0 aliphatic carbocycles. The Morgan fingerprint density at radius 2 is 2.06 bits per heavy atom. The topological polar surface area (TPSA) is 45.5 Å². The van der Waals surface area contributed by atoms with Gasteiger partial charge in [0.1, 0.15) is 5.75 Å². The maximum atomic E-state index is 9.33. The van der Waals surface area contributed by atoms with E-state index in [1.807, 2.05) is 32.0 Å². The van der Waals surface area contributed by atoms with Crippen molar-refractivity contribution in [1.29, 1.82) is 0 Å². The summed E-state index contributed by atoms with van der Waals surface area (Å²) in [4.78, 5) is 8.75. The largest absolute Gasteiger partial charge is 0.508 e. The molecule has 2 rings (SSSR count). The molecule has 0 bridgehead atoms. The SMILES string of the molecule is CC(=Nc1ccc(O)cc1C)c1ccccn1. The third kappa shape index (κ3) is 2.69. The lowest BCUT2D eigenvalue weighted by molar-refractivity contribution is 0.475. The third-order valence-electron chi connectivity index (χ3n) is 2.50. The van der Waals surface area contributed by atoms with Gasteiger partial charge in [-0.05, 0) is 49.7 Å². The number of phenolic OH excluding ortho intramolecular Hbond substituents is 1. The smallest absolute Gasteiger partial charge is 0.115 e. The van der Waals surface area contributed by atoms with Gasteiger partial charge in [0.2, 0.25) is 0 Å². The van der Waals surface area contributed by atoms with E-state index in [1.165, 1.54) is 0 Å².